The summed E-state index contributed by atoms with van der Waals surface area (Å²) in [5.41, 5.74) is 6.28. The topological polar surface area (TPSA) is 132 Å². The van der Waals surface area contributed by atoms with Gasteiger partial charge in [0, 0.05) is 24.1 Å². The van der Waals surface area contributed by atoms with E-state index >= 15 is 0 Å². The number of rotatable bonds is 6. The molecular formula is C23H25ClN4O5. The number of methoxy groups -OCH3 is 2. The summed E-state index contributed by atoms with van der Waals surface area (Å²) in [6.45, 7) is 1.86. The number of benzene rings is 2. The first-order valence-corrected chi connectivity index (χ1v) is 10.8. The molecule has 0 unspecified atom stereocenters. The van der Waals surface area contributed by atoms with Gasteiger partial charge in [0.05, 0.1) is 36.5 Å². The minimum absolute atomic E-state index is 0.0177. The van der Waals surface area contributed by atoms with Crippen molar-refractivity contribution in [2.45, 2.75) is 31.3 Å². The number of carbonyl (C=O) groups excluding carboxylic acids is 3. The van der Waals surface area contributed by atoms with Crippen molar-refractivity contribution in [1.29, 1.82) is 0 Å². The number of amides is 3. The van der Waals surface area contributed by atoms with Crippen molar-refractivity contribution < 1.29 is 23.9 Å². The van der Waals surface area contributed by atoms with Gasteiger partial charge < -0.3 is 25.8 Å². The monoisotopic (exact) mass is 472 g/mol. The maximum Gasteiger partial charge on any atom is 0.250 e. The van der Waals surface area contributed by atoms with Crippen molar-refractivity contribution in [3.63, 3.8) is 0 Å². The fourth-order valence-electron chi connectivity index (χ4n) is 4.76. The van der Waals surface area contributed by atoms with E-state index in [2.05, 4.69) is 16.0 Å². The Kier molecular flexibility index (Phi) is 5.94. The predicted octanol–water partition coefficient (Wildman–Crippen LogP) is 2.31. The number of nitrogens with two attached hydrogens (primary N) is 1. The van der Waals surface area contributed by atoms with Gasteiger partial charge in [0.2, 0.25) is 17.7 Å². The van der Waals surface area contributed by atoms with Crippen LogP contribution in [-0.4, -0.2) is 38.0 Å². The Hall–Kier alpha value is -3.30. The van der Waals surface area contributed by atoms with Gasteiger partial charge in [0.25, 0.3) is 0 Å². The molecule has 0 aliphatic carbocycles. The number of hydrogen-bond acceptors (Lipinski definition) is 6. The molecule has 2 aliphatic rings. The molecule has 4 rings (SSSR count). The zero-order valence-corrected chi connectivity index (χ0v) is 19.2. The standard InChI is InChI=1S/C23H25ClN4O5/c1-11-6-14-20(16(24)7-11)27-22(31)23(14)15(8-12(28-23)9-19(25)29)21(30)26-17-10-13(32-2)4-5-18(17)33-3/h4-7,10,12,15,28H,8-9H2,1-3H3,(H2,25,29)(H,26,30)(H,27,31)/t12-,15-,23-/m0/s1. The molecule has 0 bridgehead atoms. The Morgan fingerprint density at radius 1 is 1.24 bits per heavy atom. The molecule has 1 fully saturated rings. The highest BCUT2D eigenvalue weighted by atomic mass is 35.5. The Balaban J connectivity index is 1.77. The minimum Gasteiger partial charge on any atom is -0.497 e. The van der Waals surface area contributed by atoms with Crippen molar-refractivity contribution in [2.75, 3.05) is 24.9 Å². The molecule has 0 radical (unpaired) electrons. The van der Waals surface area contributed by atoms with Crippen LogP contribution in [0.3, 0.4) is 0 Å². The van der Waals surface area contributed by atoms with Gasteiger partial charge >= 0.3 is 0 Å². The Morgan fingerprint density at radius 3 is 2.67 bits per heavy atom. The number of aryl methyl sites for hydroxylation is 1. The first kappa shape index (κ1) is 22.9. The predicted molar refractivity (Wildman–Crippen MR) is 124 cm³/mol. The minimum atomic E-state index is -1.40. The van der Waals surface area contributed by atoms with E-state index in [4.69, 9.17) is 26.8 Å². The number of carbonyl (C=O) groups is 3. The maximum absolute atomic E-state index is 13.6. The highest BCUT2D eigenvalue weighted by Crippen LogP contribution is 2.50. The van der Waals surface area contributed by atoms with Crippen LogP contribution in [0.2, 0.25) is 5.02 Å². The zero-order valence-electron chi connectivity index (χ0n) is 18.5. The van der Waals surface area contributed by atoms with Crippen molar-refractivity contribution in [1.82, 2.24) is 5.32 Å². The van der Waals surface area contributed by atoms with E-state index in [-0.39, 0.29) is 12.8 Å². The van der Waals surface area contributed by atoms with Crippen LogP contribution in [0.15, 0.2) is 30.3 Å². The fourth-order valence-corrected chi connectivity index (χ4v) is 5.08. The summed E-state index contributed by atoms with van der Waals surface area (Å²) in [5, 5.41) is 9.30. The average molecular weight is 473 g/mol. The lowest BCUT2D eigenvalue weighted by Gasteiger charge is -2.29. The lowest BCUT2D eigenvalue weighted by Crippen LogP contribution is -2.52. The van der Waals surface area contributed by atoms with E-state index in [1.54, 1.807) is 24.3 Å². The second-order valence-corrected chi connectivity index (χ2v) is 8.69. The quantitative estimate of drug-likeness (QED) is 0.510. The third-order valence-corrected chi connectivity index (χ3v) is 6.46. The highest BCUT2D eigenvalue weighted by molar-refractivity contribution is 6.35. The molecule has 5 N–H and O–H groups in total. The van der Waals surface area contributed by atoms with Gasteiger partial charge in [0.1, 0.15) is 17.0 Å². The van der Waals surface area contributed by atoms with Crippen LogP contribution in [0.4, 0.5) is 11.4 Å². The van der Waals surface area contributed by atoms with Crippen LogP contribution in [0.5, 0.6) is 11.5 Å². The molecule has 33 heavy (non-hydrogen) atoms. The molecule has 0 aromatic heterocycles. The smallest absolute Gasteiger partial charge is 0.250 e. The summed E-state index contributed by atoms with van der Waals surface area (Å²) in [7, 11) is 3.01. The van der Waals surface area contributed by atoms with E-state index in [9.17, 15) is 14.4 Å². The van der Waals surface area contributed by atoms with Crippen molar-refractivity contribution in [3.05, 3.63) is 46.5 Å². The number of primary amides is 1. The first-order valence-electron chi connectivity index (χ1n) is 10.4. The van der Waals surface area contributed by atoms with Gasteiger partial charge in [-0.25, -0.2) is 0 Å². The maximum atomic E-state index is 13.6. The number of fused-ring (bicyclic) bond motifs is 2. The Labute approximate surface area is 195 Å². The van der Waals surface area contributed by atoms with Crippen molar-refractivity contribution in [3.8, 4) is 11.5 Å². The second kappa shape index (κ2) is 8.57. The van der Waals surface area contributed by atoms with Gasteiger partial charge in [-0.2, -0.15) is 0 Å². The van der Waals surface area contributed by atoms with Gasteiger partial charge in [0.15, 0.2) is 0 Å². The summed E-state index contributed by atoms with van der Waals surface area (Å²) in [5.74, 6) is -1.23. The van der Waals surface area contributed by atoms with Gasteiger partial charge in [-0.15, -0.1) is 0 Å². The molecule has 1 spiro atoms. The third-order valence-electron chi connectivity index (χ3n) is 6.16. The third kappa shape index (κ3) is 3.87. The molecule has 0 saturated carbocycles. The van der Waals surface area contributed by atoms with Crippen LogP contribution >= 0.6 is 11.6 Å². The molecule has 3 amide bonds. The molecule has 3 atom stereocenters. The normalized spacial score (nSPS) is 23.2. The van der Waals surface area contributed by atoms with E-state index in [0.29, 0.717) is 33.5 Å². The molecule has 174 valence electrons. The van der Waals surface area contributed by atoms with Crippen molar-refractivity contribution >= 4 is 40.7 Å². The number of ether oxygens (including phenoxy) is 2. The first-order chi connectivity index (χ1) is 15.7. The summed E-state index contributed by atoms with van der Waals surface area (Å²) in [4.78, 5) is 38.6. The van der Waals surface area contributed by atoms with Gasteiger partial charge in [-0.1, -0.05) is 17.7 Å². The number of anilines is 2. The Morgan fingerprint density at radius 2 is 2.00 bits per heavy atom. The van der Waals surface area contributed by atoms with Crippen LogP contribution in [0.25, 0.3) is 0 Å². The zero-order chi connectivity index (χ0) is 23.9. The average Bonchev–Trinajstić information content (AvgIpc) is 3.27. The SMILES string of the molecule is COc1ccc(OC)c(NC(=O)[C@@H]2C[C@@H](CC(N)=O)N[C@]23C(=O)Nc2c(Cl)cc(C)cc23)c1. The number of halogens is 1. The summed E-state index contributed by atoms with van der Waals surface area (Å²) >= 11 is 6.41. The van der Waals surface area contributed by atoms with E-state index in [0.717, 1.165) is 5.56 Å². The summed E-state index contributed by atoms with van der Waals surface area (Å²) in [6, 6.07) is 8.11. The molecule has 2 aromatic carbocycles. The fraction of sp³-hybridized carbons (Fsp3) is 0.348. The molecule has 1 saturated heterocycles. The second-order valence-electron chi connectivity index (χ2n) is 8.29. The van der Waals surface area contributed by atoms with Crippen LogP contribution in [0, 0.1) is 12.8 Å². The highest BCUT2D eigenvalue weighted by Gasteiger charge is 2.60. The van der Waals surface area contributed by atoms with Crippen LogP contribution < -0.4 is 31.2 Å². The summed E-state index contributed by atoms with van der Waals surface area (Å²) < 4.78 is 10.6. The summed E-state index contributed by atoms with van der Waals surface area (Å²) in [6.07, 6.45) is 0.204. The molecule has 9 nitrogen and oxygen atoms in total. The molecule has 2 aromatic rings. The Bertz CT molecular complexity index is 1150. The molecule has 2 heterocycles. The van der Waals surface area contributed by atoms with E-state index in [1.807, 2.05) is 13.0 Å². The number of nitrogens with one attached hydrogen (secondary N) is 3. The van der Waals surface area contributed by atoms with E-state index < -0.39 is 35.2 Å². The lowest BCUT2D eigenvalue weighted by atomic mass is 9.79. The molecule has 10 heteroatoms. The lowest BCUT2D eigenvalue weighted by molar-refractivity contribution is -0.130. The van der Waals surface area contributed by atoms with Crippen LogP contribution in [0.1, 0.15) is 24.0 Å². The largest absolute Gasteiger partial charge is 0.497 e. The van der Waals surface area contributed by atoms with Crippen LogP contribution in [-0.2, 0) is 19.9 Å². The molecular weight excluding hydrogens is 448 g/mol. The van der Waals surface area contributed by atoms with Gasteiger partial charge in [-0.3, -0.25) is 19.7 Å². The van der Waals surface area contributed by atoms with Gasteiger partial charge in [-0.05, 0) is 37.1 Å². The number of hydrogen-bond donors (Lipinski definition) is 4. The van der Waals surface area contributed by atoms with Crippen molar-refractivity contribution in [2.24, 2.45) is 11.7 Å². The van der Waals surface area contributed by atoms with E-state index in [1.165, 1.54) is 14.2 Å². The molecule has 2 aliphatic heterocycles.